The minimum atomic E-state index is -0.459. The van der Waals surface area contributed by atoms with Gasteiger partial charge in [0.1, 0.15) is 0 Å². The molecular weight excluding hydrogens is 336 g/mol. The first-order valence-corrected chi connectivity index (χ1v) is 9.35. The first kappa shape index (κ1) is 17.5. The van der Waals surface area contributed by atoms with Gasteiger partial charge in [0.15, 0.2) is 0 Å². The van der Waals surface area contributed by atoms with Gasteiger partial charge in [-0.1, -0.05) is 25.5 Å². The number of thiophene rings is 1. The van der Waals surface area contributed by atoms with Crippen LogP contribution in [0.2, 0.25) is 0 Å². The van der Waals surface area contributed by atoms with Crippen molar-refractivity contribution in [1.82, 2.24) is 4.90 Å². The van der Waals surface area contributed by atoms with Crippen LogP contribution in [0.15, 0.2) is 35.7 Å². The lowest BCUT2D eigenvalue weighted by Gasteiger charge is -2.36. The minimum absolute atomic E-state index is 0.0882. The van der Waals surface area contributed by atoms with Crippen LogP contribution in [0.4, 0.5) is 10.5 Å². The van der Waals surface area contributed by atoms with Crippen LogP contribution < -0.4 is 5.32 Å². The van der Waals surface area contributed by atoms with Crippen molar-refractivity contribution < 1.29 is 14.3 Å². The number of amides is 2. The Kier molecular flexibility index (Phi) is 5.38. The first-order valence-electron chi connectivity index (χ1n) is 8.47. The number of methoxy groups -OCH3 is 1. The van der Waals surface area contributed by atoms with Gasteiger partial charge in [-0.05, 0) is 42.0 Å². The van der Waals surface area contributed by atoms with E-state index in [-0.39, 0.29) is 12.1 Å². The van der Waals surface area contributed by atoms with Crippen molar-refractivity contribution >= 4 is 29.0 Å². The van der Waals surface area contributed by atoms with Crippen molar-refractivity contribution in [2.75, 3.05) is 19.0 Å². The minimum Gasteiger partial charge on any atom is -0.465 e. The molecule has 2 aromatic rings. The van der Waals surface area contributed by atoms with E-state index in [0.717, 1.165) is 19.3 Å². The molecule has 0 saturated heterocycles. The Labute approximate surface area is 151 Å². The monoisotopic (exact) mass is 358 g/mol. The van der Waals surface area contributed by atoms with Crippen LogP contribution >= 0.6 is 11.3 Å². The van der Waals surface area contributed by atoms with E-state index in [1.807, 2.05) is 4.90 Å². The molecule has 0 radical (unpaired) electrons. The molecule has 1 unspecified atom stereocenters. The van der Waals surface area contributed by atoms with E-state index in [1.165, 1.54) is 17.6 Å². The fraction of sp³-hybridized carbons (Fsp3) is 0.368. The molecule has 3 rings (SSSR count). The summed E-state index contributed by atoms with van der Waals surface area (Å²) in [5.41, 5.74) is 2.10. The lowest BCUT2D eigenvalue weighted by Crippen LogP contribution is -2.42. The Morgan fingerprint density at radius 3 is 2.88 bits per heavy atom. The first-order chi connectivity index (χ1) is 12.2. The zero-order valence-electron chi connectivity index (χ0n) is 14.5. The predicted molar refractivity (Wildman–Crippen MR) is 99.2 cm³/mol. The predicted octanol–water partition coefficient (Wildman–Crippen LogP) is 4.47. The summed E-state index contributed by atoms with van der Waals surface area (Å²) in [7, 11) is 1.33. The number of fused-ring (bicyclic) bond motifs is 1. The molecule has 0 bridgehead atoms. The Hall–Kier alpha value is -2.34. The molecule has 0 aliphatic carbocycles. The fourth-order valence-corrected chi connectivity index (χ4v) is 4.22. The number of esters is 1. The molecule has 5 nitrogen and oxygen atoms in total. The van der Waals surface area contributed by atoms with Gasteiger partial charge in [0.05, 0.1) is 24.4 Å². The summed E-state index contributed by atoms with van der Waals surface area (Å²) in [4.78, 5) is 28.1. The second kappa shape index (κ2) is 7.70. The summed E-state index contributed by atoms with van der Waals surface area (Å²) in [5.74, 6) is -0.459. The molecule has 25 heavy (non-hydrogen) atoms. The number of hydrogen-bond donors (Lipinski definition) is 1. The number of nitrogens with one attached hydrogen (secondary N) is 1. The molecule has 1 aromatic heterocycles. The lowest BCUT2D eigenvalue weighted by molar-refractivity contribution is 0.0602. The standard InChI is InChI=1S/C19H22N2O3S/c1-3-6-16-14-10-12-25-17(14)9-11-21(16)19(23)20-15-8-5-4-7-13(15)18(22)24-2/h4-5,7-8,10,12,16H,3,6,9,11H2,1-2H3,(H,20,23). The van der Waals surface area contributed by atoms with Crippen LogP contribution in [0.1, 0.15) is 46.6 Å². The molecule has 1 aromatic carbocycles. The van der Waals surface area contributed by atoms with E-state index in [1.54, 1.807) is 35.6 Å². The lowest BCUT2D eigenvalue weighted by atomic mass is 9.96. The smallest absolute Gasteiger partial charge is 0.339 e. The molecule has 0 spiro atoms. The van der Waals surface area contributed by atoms with Gasteiger partial charge in [-0.15, -0.1) is 11.3 Å². The molecule has 2 heterocycles. The molecule has 1 aliphatic rings. The Bertz CT molecular complexity index is 772. The molecule has 0 saturated carbocycles. The van der Waals surface area contributed by atoms with Crippen LogP contribution in [0.5, 0.6) is 0 Å². The average Bonchev–Trinajstić information content (AvgIpc) is 3.11. The maximum Gasteiger partial charge on any atom is 0.339 e. The number of urea groups is 1. The van der Waals surface area contributed by atoms with Gasteiger partial charge in [0, 0.05) is 11.4 Å². The van der Waals surface area contributed by atoms with Crippen LogP contribution in [0.3, 0.4) is 0 Å². The average molecular weight is 358 g/mol. The summed E-state index contributed by atoms with van der Waals surface area (Å²) >= 11 is 1.76. The number of nitrogens with zero attached hydrogens (tertiary/aromatic N) is 1. The number of anilines is 1. The largest absolute Gasteiger partial charge is 0.465 e. The molecule has 1 aliphatic heterocycles. The van der Waals surface area contributed by atoms with Gasteiger partial charge in [-0.2, -0.15) is 0 Å². The van der Waals surface area contributed by atoms with Gasteiger partial charge < -0.3 is 15.0 Å². The maximum absolute atomic E-state index is 12.9. The molecule has 1 atom stereocenters. The quantitative estimate of drug-likeness (QED) is 0.821. The highest BCUT2D eigenvalue weighted by atomic mass is 32.1. The van der Waals surface area contributed by atoms with Crippen molar-refractivity contribution in [2.45, 2.75) is 32.2 Å². The highest BCUT2D eigenvalue weighted by Crippen LogP contribution is 2.36. The number of benzene rings is 1. The second-order valence-corrected chi connectivity index (χ2v) is 7.01. The van der Waals surface area contributed by atoms with E-state index in [9.17, 15) is 9.59 Å². The van der Waals surface area contributed by atoms with Crippen molar-refractivity contribution in [3.63, 3.8) is 0 Å². The van der Waals surface area contributed by atoms with Crippen LogP contribution in [-0.4, -0.2) is 30.6 Å². The summed E-state index contributed by atoms with van der Waals surface area (Å²) in [6.07, 6.45) is 2.80. The molecule has 0 fully saturated rings. The third kappa shape index (κ3) is 3.54. The topological polar surface area (TPSA) is 58.6 Å². The maximum atomic E-state index is 12.9. The van der Waals surface area contributed by atoms with Gasteiger partial charge in [-0.3, -0.25) is 0 Å². The number of rotatable bonds is 4. The van der Waals surface area contributed by atoms with Gasteiger partial charge in [-0.25, -0.2) is 9.59 Å². The third-order valence-corrected chi connectivity index (χ3v) is 5.49. The van der Waals surface area contributed by atoms with E-state index >= 15 is 0 Å². The van der Waals surface area contributed by atoms with E-state index in [0.29, 0.717) is 17.8 Å². The number of para-hydroxylation sites is 1. The van der Waals surface area contributed by atoms with Crippen LogP contribution in [-0.2, 0) is 11.2 Å². The normalized spacial score (nSPS) is 16.2. The summed E-state index contributed by atoms with van der Waals surface area (Å²) < 4.78 is 4.80. The SMILES string of the molecule is CCCC1c2ccsc2CCN1C(=O)Nc1ccccc1C(=O)OC. The summed E-state index contributed by atoms with van der Waals surface area (Å²) in [6.45, 7) is 2.81. The summed E-state index contributed by atoms with van der Waals surface area (Å²) in [5, 5.41) is 4.99. The van der Waals surface area contributed by atoms with E-state index in [2.05, 4.69) is 23.7 Å². The van der Waals surface area contributed by atoms with Gasteiger partial charge in [0.2, 0.25) is 0 Å². The van der Waals surface area contributed by atoms with Crippen LogP contribution in [0, 0.1) is 0 Å². The molecular formula is C19H22N2O3S. The van der Waals surface area contributed by atoms with Gasteiger partial charge >= 0.3 is 12.0 Å². The molecule has 1 N–H and O–H groups in total. The van der Waals surface area contributed by atoms with Crippen molar-refractivity contribution in [1.29, 1.82) is 0 Å². The molecule has 6 heteroatoms. The summed E-state index contributed by atoms with van der Waals surface area (Å²) in [6, 6.07) is 8.95. The Morgan fingerprint density at radius 1 is 1.32 bits per heavy atom. The number of carbonyl (C=O) groups is 2. The molecule has 2 amide bonds. The fourth-order valence-electron chi connectivity index (χ4n) is 3.29. The highest BCUT2D eigenvalue weighted by molar-refractivity contribution is 7.10. The number of carbonyl (C=O) groups excluding carboxylic acids is 2. The van der Waals surface area contributed by atoms with Crippen molar-refractivity contribution in [3.05, 3.63) is 51.7 Å². The van der Waals surface area contributed by atoms with E-state index < -0.39 is 5.97 Å². The third-order valence-electron chi connectivity index (χ3n) is 4.49. The van der Waals surface area contributed by atoms with Crippen molar-refractivity contribution in [3.8, 4) is 0 Å². The Balaban J connectivity index is 1.83. The molecule has 132 valence electrons. The van der Waals surface area contributed by atoms with Crippen LogP contribution in [0.25, 0.3) is 0 Å². The zero-order valence-corrected chi connectivity index (χ0v) is 15.3. The highest BCUT2D eigenvalue weighted by Gasteiger charge is 2.31. The van der Waals surface area contributed by atoms with E-state index in [4.69, 9.17) is 4.74 Å². The second-order valence-electron chi connectivity index (χ2n) is 6.01. The zero-order chi connectivity index (χ0) is 17.8. The Morgan fingerprint density at radius 2 is 2.12 bits per heavy atom. The van der Waals surface area contributed by atoms with Gasteiger partial charge in [0.25, 0.3) is 0 Å². The number of hydrogen-bond acceptors (Lipinski definition) is 4. The number of ether oxygens (including phenoxy) is 1. The van der Waals surface area contributed by atoms with Crippen molar-refractivity contribution in [2.24, 2.45) is 0 Å².